The van der Waals surface area contributed by atoms with Gasteiger partial charge in [-0.3, -0.25) is 4.79 Å². The molecular formula is C11H13NO. The van der Waals surface area contributed by atoms with E-state index in [1.165, 1.54) is 5.56 Å². The minimum Gasteiger partial charge on any atom is -0.323 e. The van der Waals surface area contributed by atoms with E-state index in [0.717, 1.165) is 12.0 Å². The molecule has 1 aliphatic rings. The summed E-state index contributed by atoms with van der Waals surface area (Å²) in [5.74, 6) is 0.195. The maximum absolute atomic E-state index is 11.2. The molecule has 0 heterocycles. The van der Waals surface area contributed by atoms with Crippen LogP contribution in [0.3, 0.4) is 0 Å². The molecule has 0 aliphatic heterocycles. The van der Waals surface area contributed by atoms with Gasteiger partial charge in [0.2, 0.25) is 0 Å². The largest absolute Gasteiger partial charge is 0.323 e. The van der Waals surface area contributed by atoms with Crippen molar-refractivity contribution in [3.63, 3.8) is 0 Å². The maximum atomic E-state index is 11.2. The summed E-state index contributed by atoms with van der Waals surface area (Å²) < 4.78 is 0. The number of rotatable bonds is 1. The third-order valence-corrected chi connectivity index (χ3v) is 2.81. The van der Waals surface area contributed by atoms with Crippen LogP contribution in [0.4, 0.5) is 0 Å². The Balaban J connectivity index is 2.38. The Kier molecular flexibility index (Phi) is 1.93. The zero-order valence-electron chi connectivity index (χ0n) is 7.66. The maximum Gasteiger partial charge on any atom is 0.135 e. The highest BCUT2D eigenvalue weighted by Crippen LogP contribution is 2.34. The van der Waals surface area contributed by atoms with Gasteiger partial charge in [0.25, 0.3) is 0 Å². The van der Waals surface area contributed by atoms with Crippen LogP contribution in [0.5, 0.6) is 0 Å². The molecule has 0 aromatic heterocycles. The molecule has 68 valence electrons. The molecule has 0 amide bonds. The van der Waals surface area contributed by atoms with E-state index >= 15 is 0 Å². The van der Waals surface area contributed by atoms with Gasteiger partial charge in [-0.1, -0.05) is 24.3 Å². The second-order valence-corrected chi connectivity index (χ2v) is 3.65. The number of fused-ring (bicyclic) bond motifs is 1. The zero-order valence-corrected chi connectivity index (χ0v) is 7.66. The van der Waals surface area contributed by atoms with E-state index in [1.54, 1.807) is 6.92 Å². The SMILES string of the molecule is CC(=O)C1Cc2ccccc2C1N. The molecule has 0 radical (unpaired) electrons. The van der Waals surface area contributed by atoms with Gasteiger partial charge in [-0.05, 0) is 24.5 Å². The number of Topliss-reactive ketones (excluding diaryl/α,β-unsaturated/α-hetero) is 1. The summed E-state index contributed by atoms with van der Waals surface area (Å²) in [4.78, 5) is 11.2. The molecule has 0 fully saturated rings. The van der Waals surface area contributed by atoms with Crippen LogP contribution in [0.1, 0.15) is 24.1 Å². The summed E-state index contributed by atoms with van der Waals surface area (Å²) in [5, 5.41) is 0. The van der Waals surface area contributed by atoms with Crippen LogP contribution in [-0.4, -0.2) is 5.78 Å². The van der Waals surface area contributed by atoms with Crippen LogP contribution in [-0.2, 0) is 11.2 Å². The Hall–Kier alpha value is -1.15. The standard InChI is InChI=1S/C11H13NO/c1-7(13)10-6-8-4-2-3-5-9(8)11(10)12/h2-5,10-11H,6,12H2,1H3. The molecule has 0 spiro atoms. The highest BCUT2D eigenvalue weighted by atomic mass is 16.1. The molecule has 1 aromatic rings. The van der Waals surface area contributed by atoms with Crippen LogP contribution >= 0.6 is 0 Å². The lowest BCUT2D eigenvalue weighted by atomic mass is 9.98. The van der Waals surface area contributed by atoms with Gasteiger partial charge in [0.05, 0.1) is 0 Å². The number of hydrogen-bond acceptors (Lipinski definition) is 2. The molecule has 0 bridgehead atoms. The Bertz CT molecular complexity index is 346. The molecule has 2 rings (SSSR count). The summed E-state index contributed by atoms with van der Waals surface area (Å²) in [6, 6.07) is 7.95. The predicted octanol–water partition coefficient (Wildman–Crippen LogP) is 1.45. The van der Waals surface area contributed by atoms with E-state index in [4.69, 9.17) is 5.73 Å². The van der Waals surface area contributed by atoms with Crippen molar-refractivity contribution in [2.24, 2.45) is 11.7 Å². The number of ketones is 1. The molecular weight excluding hydrogens is 162 g/mol. The van der Waals surface area contributed by atoms with Gasteiger partial charge in [-0.25, -0.2) is 0 Å². The average molecular weight is 175 g/mol. The second kappa shape index (κ2) is 2.96. The molecule has 0 saturated carbocycles. The zero-order chi connectivity index (χ0) is 9.42. The fraction of sp³-hybridized carbons (Fsp3) is 0.364. The topological polar surface area (TPSA) is 43.1 Å². The van der Waals surface area contributed by atoms with E-state index in [9.17, 15) is 4.79 Å². The normalized spacial score (nSPS) is 25.7. The van der Waals surface area contributed by atoms with Crippen molar-refractivity contribution in [1.82, 2.24) is 0 Å². The Morgan fingerprint density at radius 2 is 2.15 bits per heavy atom. The minimum absolute atomic E-state index is 0.00241. The van der Waals surface area contributed by atoms with Crippen molar-refractivity contribution >= 4 is 5.78 Å². The highest BCUT2D eigenvalue weighted by molar-refractivity contribution is 5.80. The molecule has 13 heavy (non-hydrogen) atoms. The average Bonchev–Trinajstić information content (AvgIpc) is 2.45. The van der Waals surface area contributed by atoms with Crippen molar-refractivity contribution in [2.45, 2.75) is 19.4 Å². The smallest absolute Gasteiger partial charge is 0.135 e. The predicted molar refractivity (Wildman–Crippen MR) is 51.2 cm³/mol. The number of nitrogens with two attached hydrogens (primary N) is 1. The van der Waals surface area contributed by atoms with Crippen LogP contribution in [0, 0.1) is 5.92 Å². The van der Waals surface area contributed by atoms with E-state index in [0.29, 0.717) is 0 Å². The second-order valence-electron chi connectivity index (χ2n) is 3.65. The van der Waals surface area contributed by atoms with Crippen molar-refractivity contribution in [1.29, 1.82) is 0 Å². The molecule has 2 unspecified atom stereocenters. The van der Waals surface area contributed by atoms with Crippen LogP contribution in [0.25, 0.3) is 0 Å². The van der Waals surface area contributed by atoms with E-state index in [1.807, 2.05) is 18.2 Å². The van der Waals surface area contributed by atoms with Crippen molar-refractivity contribution in [2.75, 3.05) is 0 Å². The summed E-state index contributed by atoms with van der Waals surface area (Å²) >= 11 is 0. The first-order valence-corrected chi connectivity index (χ1v) is 4.54. The summed E-state index contributed by atoms with van der Waals surface area (Å²) in [6.45, 7) is 1.62. The molecule has 0 saturated heterocycles. The highest BCUT2D eigenvalue weighted by Gasteiger charge is 2.31. The van der Waals surface area contributed by atoms with Gasteiger partial charge >= 0.3 is 0 Å². The first-order valence-electron chi connectivity index (χ1n) is 4.54. The van der Waals surface area contributed by atoms with E-state index in [2.05, 4.69) is 6.07 Å². The first-order chi connectivity index (χ1) is 6.20. The molecule has 2 nitrogen and oxygen atoms in total. The first kappa shape index (κ1) is 8.45. The Labute approximate surface area is 77.8 Å². The fourth-order valence-electron chi connectivity index (χ4n) is 2.02. The summed E-state index contributed by atoms with van der Waals surface area (Å²) in [6.07, 6.45) is 0.812. The van der Waals surface area contributed by atoms with E-state index < -0.39 is 0 Å². The summed E-state index contributed by atoms with van der Waals surface area (Å²) in [5.41, 5.74) is 8.34. The quantitative estimate of drug-likeness (QED) is 0.702. The number of benzene rings is 1. The monoisotopic (exact) mass is 175 g/mol. The van der Waals surface area contributed by atoms with Crippen molar-refractivity contribution < 1.29 is 4.79 Å². The summed E-state index contributed by atoms with van der Waals surface area (Å²) in [7, 11) is 0. The minimum atomic E-state index is -0.0892. The van der Waals surface area contributed by atoms with Crippen molar-refractivity contribution in [3.8, 4) is 0 Å². The van der Waals surface area contributed by atoms with Gasteiger partial charge in [0, 0.05) is 12.0 Å². The van der Waals surface area contributed by atoms with E-state index in [-0.39, 0.29) is 17.7 Å². The molecule has 2 N–H and O–H groups in total. The molecule has 1 aliphatic carbocycles. The van der Waals surface area contributed by atoms with Crippen LogP contribution in [0.15, 0.2) is 24.3 Å². The number of carbonyl (C=O) groups is 1. The molecule has 1 aromatic carbocycles. The lowest BCUT2D eigenvalue weighted by molar-refractivity contribution is -0.121. The Morgan fingerprint density at radius 1 is 1.46 bits per heavy atom. The Morgan fingerprint density at radius 3 is 2.77 bits per heavy atom. The van der Waals surface area contributed by atoms with Gasteiger partial charge in [-0.2, -0.15) is 0 Å². The van der Waals surface area contributed by atoms with Gasteiger partial charge in [0.15, 0.2) is 0 Å². The van der Waals surface area contributed by atoms with Gasteiger partial charge in [-0.15, -0.1) is 0 Å². The fourth-order valence-corrected chi connectivity index (χ4v) is 2.02. The van der Waals surface area contributed by atoms with Crippen LogP contribution < -0.4 is 5.73 Å². The lowest BCUT2D eigenvalue weighted by Crippen LogP contribution is -2.22. The van der Waals surface area contributed by atoms with Crippen LogP contribution in [0.2, 0.25) is 0 Å². The van der Waals surface area contributed by atoms with Gasteiger partial charge < -0.3 is 5.73 Å². The lowest BCUT2D eigenvalue weighted by Gasteiger charge is -2.11. The number of hydrogen-bond donors (Lipinski definition) is 1. The van der Waals surface area contributed by atoms with Gasteiger partial charge in [0.1, 0.15) is 5.78 Å². The van der Waals surface area contributed by atoms with Crippen molar-refractivity contribution in [3.05, 3.63) is 35.4 Å². The molecule has 2 atom stereocenters. The number of carbonyl (C=O) groups excluding carboxylic acids is 1. The third-order valence-electron chi connectivity index (χ3n) is 2.81. The molecule has 2 heteroatoms. The third kappa shape index (κ3) is 1.27.